The maximum atomic E-state index is 12.7. The van der Waals surface area contributed by atoms with Gasteiger partial charge in [-0.2, -0.15) is 0 Å². The fraction of sp³-hybridized carbons (Fsp3) is 0.200. The molecule has 4 rings (SSSR count). The number of hydrogen-bond acceptors (Lipinski definition) is 6. The monoisotopic (exact) mass is 463 g/mol. The van der Waals surface area contributed by atoms with Gasteiger partial charge in [0.1, 0.15) is 10.8 Å². The SMILES string of the molecule is CCc1cc(C(Nc2cccc(C)n2)c2ccc(SC)cc2)c(NC(=O)c2ccco2)s1. The molecule has 1 aromatic carbocycles. The lowest BCUT2D eigenvalue weighted by Gasteiger charge is -2.21. The Bertz CT molecular complexity index is 1180. The standard InChI is InChI=1S/C25H25N3O2S2/c1-4-18-15-20(25(32-18)28-24(29)21-8-6-14-30-21)23(17-10-12-19(31-3)13-11-17)27-22-9-5-7-16(2)26-22/h5-15,23H,4H2,1-3H3,(H,26,27)(H,28,29). The number of pyridine rings is 1. The quantitative estimate of drug-likeness (QED) is 0.282. The van der Waals surface area contributed by atoms with Gasteiger partial charge in [0.15, 0.2) is 5.76 Å². The molecule has 1 amide bonds. The molecule has 1 atom stereocenters. The van der Waals surface area contributed by atoms with Crippen LogP contribution < -0.4 is 10.6 Å². The van der Waals surface area contributed by atoms with Gasteiger partial charge in [-0.05, 0) is 67.6 Å². The molecule has 2 N–H and O–H groups in total. The Kier molecular flexibility index (Phi) is 6.97. The third kappa shape index (κ3) is 5.06. The fourth-order valence-corrected chi connectivity index (χ4v) is 4.86. The summed E-state index contributed by atoms with van der Waals surface area (Å²) in [6.07, 6.45) is 4.45. The molecule has 0 bridgehead atoms. The minimum absolute atomic E-state index is 0.177. The molecule has 0 saturated carbocycles. The number of aromatic nitrogens is 1. The van der Waals surface area contributed by atoms with E-state index in [9.17, 15) is 4.79 Å². The first-order valence-corrected chi connectivity index (χ1v) is 12.4. The van der Waals surface area contributed by atoms with Crippen LogP contribution in [0.4, 0.5) is 10.8 Å². The predicted molar refractivity (Wildman–Crippen MR) is 133 cm³/mol. The molecule has 3 heterocycles. The van der Waals surface area contributed by atoms with E-state index in [1.54, 1.807) is 35.2 Å². The largest absolute Gasteiger partial charge is 0.459 e. The van der Waals surface area contributed by atoms with Gasteiger partial charge in [-0.15, -0.1) is 23.1 Å². The molecule has 0 aliphatic rings. The van der Waals surface area contributed by atoms with Crippen molar-refractivity contribution in [1.29, 1.82) is 0 Å². The average Bonchev–Trinajstić information content (AvgIpc) is 3.48. The van der Waals surface area contributed by atoms with Gasteiger partial charge in [-0.3, -0.25) is 4.79 Å². The number of anilines is 2. The summed E-state index contributed by atoms with van der Waals surface area (Å²) in [5.41, 5.74) is 3.05. The Labute approximate surface area is 196 Å². The van der Waals surface area contributed by atoms with Gasteiger partial charge in [0.05, 0.1) is 12.3 Å². The summed E-state index contributed by atoms with van der Waals surface area (Å²) in [5, 5.41) is 7.46. The summed E-state index contributed by atoms with van der Waals surface area (Å²) < 4.78 is 5.28. The summed E-state index contributed by atoms with van der Waals surface area (Å²) >= 11 is 3.30. The molecular formula is C25H25N3O2S2. The first kappa shape index (κ1) is 22.2. The highest BCUT2D eigenvalue weighted by Crippen LogP contribution is 2.38. The van der Waals surface area contributed by atoms with Crippen LogP contribution in [0.15, 0.2) is 76.2 Å². The van der Waals surface area contributed by atoms with Crippen molar-refractivity contribution in [1.82, 2.24) is 4.98 Å². The van der Waals surface area contributed by atoms with Gasteiger partial charge in [0.25, 0.3) is 5.91 Å². The van der Waals surface area contributed by atoms with Crippen molar-refractivity contribution in [3.8, 4) is 0 Å². The first-order chi connectivity index (χ1) is 15.6. The molecule has 0 aliphatic heterocycles. The van der Waals surface area contributed by atoms with Gasteiger partial charge >= 0.3 is 0 Å². The minimum atomic E-state index is -0.258. The number of aryl methyl sites for hydroxylation is 2. The Morgan fingerprint density at radius 1 is 1.16 bits per heavy atom. The van der Waals surface area contributed by atoms with Gasteiger partial charge in [0.2, 0.25) is 0 Å². The highest BCUT2D eigenvalue weighted by atomic mass is 32.2. The molecule has 0 saturated heterocycles. The normalized spacial score (nSPS) is 11.8. The number of amides is 1. The Morgan fingerprint density at radius 2 is 1.97 bits per heavy atom. The summed E-state index contributed by atoms with van der Waals surface area (Å²) in [4.78, 5) is 19.8. The summed E-state index contributed by atoms with van der Waals surface area (Å²) in [5.74, 6) is 0.819. The molecule has 4 aromatic rings. The smallest absolute Gasteiger partial charge is 0.291 e. The van der Waals surface area contributed by atoms with Gasteiger partial charge in [0, 0.05) is 21.0 Å². The van der Waals surface area contributed by atoms with Crippen molar-refractivity contribution in [2.24, 2.45) is 0 Å². The van der Waals surface area contributed by atoms with Crippen LogP contribution in [0.5, 0.6) is 0 Å². The second kappa shape index (κ2) is 10.1. The van der Waals surface area contributed by atoms with Crippen LogP contribution in [0.3, 0.4) is 0 Å². The lowest BCUT2D eigenvalue weighted by molar-refractivity contribution is 0.0997. The van der Waals surface area contributed by atoms with Crippen LogP contribution >= 0.6 is 23.1 Å². The van der Waals surface area contributed by atoms with Crippen LogP contribution in [0, 0.1) is 6.92 Å². The van der Waals surface area contributed by atoms with E-state index >= 15 is 0 Å². The van der Waals surface area contributed by atoms with E-state index in [4.69, 9.17) is 4.42 Å². The number of thioether (sulfide) groups is 1. The van der Waals surface area contributed by atoms with Crippen LogP contribution in [-0.2, 0) is 6.42 Å². The number of hydrogen-bond donors (Lipinski definition) is 2. The highest BCUT2D eigenvalue weighted by molar-refractivity contribution is 7.98. The van der Waals surface area contributed by atoms with Gasteiger partial charge in [-0.25, -0.2) is 4.98 Å². The van der Waals surface area contributed by atoms with Gasteiger partial charge < -0.3 is 15.1 Å². The number of nitrogens with zero attached hydrogens (tertiary/aromatic N) is 1. The van der Waals surface area contributed by atoms with E-state index in [2.05, 4.69) is 59.1 Å². The average molecular weight is 464 g/mol. The number of thiophene rings is 1. The van der Waals surface area contributed by atoms with E-state index in [1.807, 2.05) is 25.1 Å². The van der Waals surface area contributed by atoms with Crippen molar-refractivity contribution in [2.45, 2.75) is 31.2 Å². The lowest BCUT2D eigenvalue weighted by Crippen LogP contribution is -2.17. The Hall–Kier alpha value is -3.03. The number of benzene rings is 1. The predicted octanol–water partition coefficient (Wildman–Crippen LogP) is 6.78. The number of carbonyl (C=O) groups excluding carboxylic acids is 1. The van der Waals surface area contributed by atoms with Crippen molar-refractivity contribution < 1.29 is 9.21 Å². The van der Waals surface area contributed by atoms with Crippen molar-refractivity contribution in [3.05, 3.63) is 94.4 Å². The third-order valence-electron chi connectivity index (χ3n) is 5.07. The first-order valence-electron chi connectivity index (χ1n) is 10.4. The Morgan fingerprint density at radius 3 is 2.62 bits per heavy atom. The van der Waals surface area contributed by atoms with E-state index in [0.29, 0.717) is 0 Å². The number of furan rings is 1. The van der Waals surface area contributed by atoms with Crippen molar-refractivity contribution in [3.63, 3.8) is 0 Å². The summed E-state index contributed by atoms with van der Waals surface area (Å²) in [6, 6.07) is 19.8. The zero-order valence-electron chi connectivity index (χ0n) is 18.2. The second-order valence-corrected chi connectivity index (χ2v) is 9.31. The zero-order chi connectivity index (χ0) is 22.5. The molecule has 7 heteroatoms. The summed E-state index contributed by atoms with van der Waals surface area (Å²) in [7, 11) is 0. The third-order valence-corrected chi connectivity index (χ3v) is 7.03. The van der Waals surface area contributed by atoms with E-state index in [1.165, 1.54) is 16.0 Å². The summed E-state index contributed by atoms with van der Waals surface area (Å²) in [6.45, 7) is 4.09. The maximum Gasteiger partial charge on any atom is 0.291 e. The number of rotatable bonds is 8. The van der Waals surface area contributed by atoms with Crippen LogP contribution in [0.25, 0.3) is 0 Å². The van der Waals surface area contributed by atoms with Crippen LogP contribution in [-0.4, -0.2) is 17.1 Å². The maximum absolute atomic E-state index is 12.7. The van der Waals surface area contributed by atoms with E-state index in [-0.39, 0.29) is 17.7 Å². The second-order valence-electron chi connectivity index (χ2n) is 7.30. The van der Waals surface area contributed by atoms with E-state index in [0.717, 1.165) is 34.1 Å². The van der Waals surface area contributed by atoms with Crippen LogP contribution in [0.2, 0.25) is 0 Å². The zero-order valence-corrected chi connectivity index (χ0v) is 19.8. The fourth-order valence-electron chi connectivity index (χ4n) is 3.43. The molecule has 5 nitrogen and oxygen atoms in total. The highest BCUT2D eigenvalue weighted by Gasteiger charge is 2.23. The minimum Gasteiger partial charge on any atom is -0.459 e. The van der Waals surface area contributed by atoms with Crippen molar-refractivity contribution >= 4 is 39.8 Å². The molecule has 0 fully saturated rings. The lowest BCUT2D eigenvalue weighted by atomic mass is 9.99. The van der Waals surface area contributed by atoms with E-state index < -0.39 is 0 Å². The molecule has 32 heavy (non-hydrogen) atoms. The molecule has 3 aromatic heterocycles. The topological polar surface area (TPSA) is 67.2 Å². The number of nitrogens with one attached hydrogen (secondary N) is 2. The molecule has 0 spiro atoms. The molecule has 0 radical (unpaired) electrons. The Balaban J connectivity index is 1.75. The molecule has 1 unspecified atom stereocenters. The van der Waals surface area contributed by atoms with Crippen molar-refractivity contribution in [2.75, 3.05) is 16.9 Å². The molecule has 0 aliphatic carbocycles. The molecule has 164 valence electrons. The van der Waals surface area contributed by atoms with Crippen LogP contribution in [0.1, 0.15) is 45.2 Å². The number of carbonyl (C=O) groups is 1. The molecular weight excluding hydrogens is 438 g/mol. The van der Waals surface area contributed by atoms with Gasteiger partial charge in [-0.1, -0.05) is 25.1 Å².